The van der Waals surface area contributed by atoms with Crippen molar-refractivity contribution in [3.05, 3.63) is 29.8 Å². The van der Waals surface area contributed by atoms with Crippen molar-refractivity contribution >= 4 is 17.7 Å². The second kappa shape index (κ2) is 7.00. The van der Waals surface area contributed by atoms with Crippen LogP contribution in [-0.4, -0.2) is 46.8 Å². The van der Waals surface area contributed by atoms with Gasteiger partial charge < -0.3 is 14.7 Å². The third kappa shape index (κ3) is 4.45. The minimum absolute atomic E-state index is 0.0482. The SMILES string of the molecule is CC(C)(C)OC(=O)Nc1ccccc1C(=O)N1CCCC1CO. The number of ether oxygens (including phenoxy) is 1. The van der Waals surface area contributed by atoms with Gasteiger partial charge in [0.15, 0.2) is 0 Å². The fourth-order valence-corrected chi connectivity index (χ4v) is 2.64. The van der Waals surface area contributed by atoms with Crippen molar-refractivity contribution < 1.29 is 19.4 Å². The number of rotatable bonds is 3. The Bertz CT molecular complexity index is 580. The lowest BCUT2D eigenvalue weighted by Gasteiger charge is -2.25. The predicted molar refractivity (Wildman–Crippen MR) is 87.4 cm³/mol. The standard InChI is InChI=1S/C17H24N2O4/c1-17(2,3)23-16(22)18-14-9-5-4-8-13(14)15(21)19-10-6-7-12(19)11-20/h4-5,8-9,12,20H,6-7,10-11H2,1-3H3,(H,18,22). The van der Waals surface area contributed by atoms with Crippen LogP contribution in [0.5, 0.6) is 0 Å². The maximum atomic E-state index is 12.7. The molecule has 1 aromatic rings. The highest BCUT2D eigenvalue weighted by molar-refractivity contribution is 6.02. The Labute approximate surface area is 136 Å². The van der Waals surface area contributed by atoms with Gasteiger partial charge in [0.25, 0.3) is 5.91 Å². The van der Waals surface area contributed by atoms with Gasteiger partial charge in [-0.2, -0.15) is 0 Å². The van der Waals surface area contributed by atoms with Crippen LogP contribution in [0.25, 0.3) is 0 Å². The van der Waals surface area contributed by atoms with Crippen molar-refractivity contribution in [1.82, 2.24) is 4.90 Å². The van der Waals surface area contributed by atoms with Gasteiger partial charge in [0.1, 0.15) is 5.60 Å². The van der Waals surface area contributed by atoms with E-state index in [1.54, 1.807) is 49.9 Å². The highest BCUT2D eigenvalue weighted by Crippen LogP contribution is 2.24. The summed E-state index contributed by atoms with van der Waals surface area (Å²) in [6.45, 7) is 5.90. The third-order valence-corrected chi connectivity index (χ3v) is 3.64. The molecule has 1 aromatic carbocycles. The second-order valence-electron chi connectivity index (χ2n) is 6.65. The van der Waals surface area contributed by atoms with Crippen molar-refractivity contribution in [2.24, 2.45) is 0 Å². The number of nitrogens with zero attached hydrogens (tertiary/aromatic N) is 1. The molecule has 2 amide bonds. The van der Waals surface area contributed by atoms with Crippen LogP contribution in [-0.2, 0) is 4.74 Å². The van der Waals surface area contributed by atoms with E-state index in [0.29, 0.717) is 17.8 Å². The molecule has 0 aromatic heterocycles. The minimum atomic E-state index is -0.611. The molecule has 1 aliphatic rings. The summed E-state index contributed by atoms with van der Waals surface area (Å²) in [5.41, 5.74) is 0.203. The van der Waals surface area contributed by atoms with Crippen LogP contribution in [0.15, 0.2) is 24.3 Å². The quantitative estimate of drug-likeness (QED) is 0.897. The molecule has 1 saturated heterocycles. The number of nitrogens with one attached hydrogen (secondary N) is 1. The van der Waals surface area contributed by atoms with Gasteiger partial charge in [-0.15, -0.1) is 0 Å². The Morgan fingerprint density at radius 1 is 1.35 bits per heavy atom. The van der Waals surface area contributed by atoms with Gasteiger partial charge in [-0.05, 0) is 45.7 Å². The highest BCUT2D eigenvalue weighted by Gasteiger charge is 2.30. The molecule has 6 nitrogen and oxygen atoms in total. The van der Waals surface area contributed by atoms with Crippen LogP contribution >= 0.6 is 0 Å². The number of aliphatic hydroxyl groups excluding tert-OH is 1. The van der Waals surface area contributed by atoms with Gasteiger partial charge in [0.05, 0.1) is 23.9 Å². The second-order valence-corrected chi connectivity index (χ2v) is 6.65. The Hall–Kier alpha value is -2.08. The smallest absolute Gasteiger partial charge is 0.412 e. The van der Waals surface area contributed by atoms with Crippen LogP contribution in [0, 0.1) is 0 Å². The summed E-state index contributed by atoms with van der Waals surface area (Å²) >= 11 is 0. The molecule has 126 valence electrons. The summed E-state index contributed by atoms with van der Waals surface area (Å²) in [5.74, 6) is -0.187. The first-order chi connectivity index (χ1) is 10.8. The van der Waals surface area contributed by atoms with Gasteiger partial charge >= 0.3 is 6.09 Å². The molecule has 1 atom stereocenters. The van der Waals surface area contributed by atoms with Crippen molar-refractivity contribution in [2.45, 2.75) is 45.3 Å². The van der Waals surface area contributed by atoms with E-state index in [9.17, 15) is 14.7 Å². The fourth-order valence-electron chi connectivity index (χ4n) is 2.64. The summed E-state index contributed by atoms with van der Waals surface area (Å²) in [6.07, 6.45) is 1.07. The number of hydrogen-bond acceptors (Lipinski definition) is 4. The number of para-hydroxylation sites is 1. The zero-order valence-corrected chi connectivity index (χ0v) is 13.8. The molecular formula is C17H24N2O4. The number of carbonyl (C=O) groups excluding carboxylic acids is 2. The predicted octanol–water partition coefficient (Wildman–Crippen LogP) is 2.63. The molecular weight excluding hydrogens is 296 g/mol. The van der Waals surface area contributed by atoms with Crippen molar-refractivity contribution in [1.29, 1.82) is 0 Å². The molecule has 0 bridgehead atoms. The summed E-state index contributed by atoms with van der Waals surface area (Å²) in [4.78, 5) is 26.3. The van der Waals surface area contributed by atoms with E-state index >= 15 is 0 Å². The van der Waals surface area contributed by atoms with Crippen LogP contribution in [0.4, 0.5) is 10.5 Å². The maximum absolute atomic E-state index is 12.7. The monoisotopic (exact) mass is 320 g/mol. The molecule has 1 fully saturated rings. The van der Waals surface area contributed by atoms with Crippen LogP contribution in [0.3, 0.4) is 0 Å². The van der Waals surface area contributed by atoms with Gasteiger partial charge in [0.2, 0.25) is 0 Å². The molecule has 2 rings (SSSR count). The summed E-state index contributed by atoms with van der Waals surface area (Å²) in [5, 5.41) is 12.0. The maximum Gasteiger partial charge on any atom is 0.412 e. The zero-order chi connectivity index (χ0) is 17.0. The first-order valence-corrected chi connectivity index (χ1v) is 7.82. The minimum Gasteiger partial charge on any atom is -0.444 e. The van der Waals surface area contributed by atoms with E-state index < -0.39 is 11.7 Å². The molecule has 1 heterocycles. The molecule has 2 N–H and O–H groups in total. The summed E-state index contributed by atoms with van der Waals surface area (Å²) in [7, 11) is 0. The van der Waals surface area contributed by atoms with E-state index in [1.807, 2.05) is 0 Å². The molecule has 0 aliphatic carbocycles. The van der Waals surface area contributed by atoms with Crippen molar-refractivity contribution in [2.75, 3.05) is 18.5 Å². The van der Waals surface area contributed by atoms with Crippen molar-refractivity contribution in [3.8, 4) is 0 Å². The average Bonchev–Trinajstić information content (AvgIpc) is 2.93. The molecule has 1 aliphatic heterocycles. The number of likely N-dealkylation sites (tertiary alicyclic amines) is 1. The average molecular weight is 320 g/mol. The Morgan fingerprint density at radius 3 is 2.70 bits per heavy atom. The fraction of sp³-hybridized carbons (Fsp3) is 0.529. The topological polar surface area (TPSA) is 78.9 Å². The number of aliphatic hydroxyl groups is 1. The van der Waals surface area contributed by atoms with Crippen LogP contribution in [0.2, 0.25) is 0 Å². The van der Waals surface area contributed by atoms with E-state index in [0.717, 1.165) is 12.8 Å². The summed E-state index contributed by atoms with van der Waals surface area (Å²) < 4.78 is 5.23. The number of benzene rings is 1. The lowest BCUT2D eigenvalue weighted by Crippen LogP contribution is -2.38. The van der Waals surface area contributed by atoms with E-state index in [4.69, 9.17) is 4.74 Å². The molecule has 0 saturated carbocycles. The van der Waals surface area contributed by atoms with Crippen LogP contribution in [0.1, 0.15) is 44.0 Å². The van der Waals surface area contributed by atoms with Gasteiger partial charge in [-0.25, -0.2) is 4.79 Å². The third-order valence-electron chi connectivity index (χ3n) is 3.64. The van der Waals surface area contributed by atoms with E-state index in [2.05, 4.69) is 5.32 Å². The first-order valence-electron chi connectivity index (χ1n) is 7.82. The molecule has 0 radical (unpaired) electrons. The van der Waals surface area contributed by atoms with Crippen molar-refractivity contribution in [3.63, 3.8) is 0 Å². The molecule has 1 unspecified atom stereocenters. The van der Waals surface area contributed by atoms with Gasteiger partial charge in [-0.3, -0.25) is 10.1 Å². The number of anilines is 1. The molecule has 6 heteroatoms. The van der Waals surface area contributed by atoms with Gasteiger partial charge in [-0.1, -0.05) is 12.1 Å². The molecule has 23 heavy (non-hydrogen) atoms. The van der Waals surface area contributed by atoms with Gasteiger partial charge in [0, 0.05) is 6.54 Å². The number of hydrogen-bond donors (Lipinski definition) is 2. The Balaban J connectivity index is 2.17. The Morgan fingerprint density at radius 2 is 2.04 bits per heavy atom. The first kappa shape index (κ1) is 17.3. The normalized spacial score (nSPS) is 17.9. The highest BCUT2D eigenvalue weighted by atomic mass is 16.6. The lowest BCUT2D eigenvalue weighted by atomic mass is 10.1. The number of amides is 2. The summed E-state index contributed by atoms with van der Waals surface area (Å²) in [6, 6.07) is 6.68. The van der Waals surface area contributed by atoms with E-state index in [-0.39, 0.29) is 18.6 Å². The largest absolute Gasteiger partial charge is 0.444 e. The Kier molecular flexibility index (Phi) is 5.26. The van der Waals surface area contributed by atoms with Crippen LogP contribution < -0.4 is 5.32 Å². The van der Waals surface area contributed by atoms with E-state index in [1.165, 1.54) is 0 Å². The lowest BCUT2D eigenvalue weighted by molar-refractivity contribution is 0.0635. The zero-order valence-electron chi connectivity index (χ0n) is 13.8. The number of carbonyl (C=O) groups is 2. The molecule has 0 spiro atoms.